The van der Waals surface area contributed by atoms with Crippen LogP contribution in [-0.4, -0.2) is 34.0 Å². The van der Waals surface area contributed by atoms with Crippen molar-refractivity contribution in [3.63, 3.8) is 0 Å². The lowest BCUT2D eigenvalue weighted by molar-refractivity contribution is -0.135. The number of carbonyl (C=O) groups excluding carboxylic acids is 1. The summed E-state index contributed by atoms with van der Waals surface area (Å²) in [4.78, 5) is 33.6. The Morgan fingerprint density at radius 3 is 2.44 bits per heavy atom. The Morgan fingerprint density at radius 2 is 1.81 bits per heavy atom. The monoisotopic (exact) mass is 433 g/mol. The van der Waals surface area contributed by atoms with Crippen molar-refractivity contribution in [1.29, 1.82) is 0 Å². The topological polar surface area (TPSA) is 64.4 Å². The van der Waals surface area contributed by atoms with Gasteiger partial charge in [-0.2, -0.15) is 0 Å². The van der Waals surface area contributed by atoms with Gasteiger partial charge in [0.15, 0.2) is 0 Å². The molecular formula is C26H31N3O3. The standard InChI is InChI=1S/C26H31N3O3/c1-17(2)15-16-28(25(30)19-9-10-19)18(3)24-27-23-8-6-5-7-22(23)26(31)29(24)20-11-13-21(32-4)14-12-20/h5-8,11-14,17-19H,9-10,15-16H2,1-4H3. The van der Waals surface area contributed by atoms with Gasteiger partial charge in [-0.05, 0) is 68.5 Å². The normalized spacial score (nSPS) is 14.5. The molecule has 0 saturated heterocycles. The third-order valence-corrected chi connectivity index (χ3v) is 6.13. The first-order chi connectivity index (χ1) is 15.4. The van der Waals surface area contributed by atoms with E-state index in [1.807, 2.05) is 54.3 Å². The molecule has 0 bridgehead atoms. The van der Waals surface area contributed by atoms with Crippen LogP contribution >= 0.6 is 0 Å². The number of hydrogen-bond acceptors (Lipinski definition) is 4. The summed E-state index contributed by atoms with van der Waals surface area (Å²) in [5.41, 5.74) is 1.22. The van der Waals surface area contributed by atoms with E-state index in [4.69, 9.17) is 9.72 Å². The number of rotatable bonds is 8. The molecule has 32 heavy (non-hydrogen) atoms. The van der Waals surface area contributed by atoms with Crippen LogP contribution in [0.4, 0.5) is 0 Å². The maximum atomic E-state index is 13.6. The van der Waals surface area contributed by atoms with E-state index in [1.54, 1.807) is 17.7 Å². The van der Waals surface area contributed by atoms with Crippen molar-refractivity contribution in [1.82, 2.24) is 14.5 Å². The summed E-state index contributed by atoms with van der Waals surface area (Å²) in [5, 5.41) is 0.557. The summed E-state index contributed by atoms with van der Waals surface area (Å²) < 4.78 is 6.93. The fourth-order valence-corrected chi connectivity index (χ4v) is 4.01. The van der Waals surface area contributed by atoms with Gasteiger partial charge in [0.05, 0.1) is 29.7 Å². The molecule has 1 unspecified atom stereocenters. The molecule has 1 amide bonds. The van der Waals surface area contributed by atoms with Crippen LogP contribution in [0.25, 0.3) is 16.6 Å². The molecule has 1 atom stereocenters. The minimum Gasteiger partial charge on any atom is -0.497 e. The molecule has 1 aromatic heterocycles. The molecule has 3 aromatic rings. The van der Waals surface area contributed by atoms with Gasteiger partial charge in [-0.1, -0.05) is 26.0 Å². The molecule has 6 nitrogen and oxygen atoms in total. The number of ether oxygens (including phenoxy) is 1. The average molecular weight is 434 g/mol. The third-order valence-electron chi connectivity index (χ3n) is 6.13. The Morgan fingerprint density at radius 1 is 1.12 bits per heavy atom. The van der Waals surface area contributed by atoms with Crippen molar-refractivity contribution in [3.05, 3.63) is 64.7 Å². The molecule has 1 aliphatic carbocycles. The van der Waals surface area contributed by atoms with Crippen molar-refractivity contribution in [3.8, 4) is 11.4 Å². The molecule has 1 saturated carbocycles. The van der Waals surface area contributed by atoms with Gasteiger partial charge in [0.1, 0.15) is 11.6 Å². The van der Waals surface area contributed by atoms with E-state index < -0.39 is 0 Å². The van der Waals surface area contributed by atoms with Gasteiger partial charge in [0.2, 0.25) is 5.91 Å². The zero-order valence-electron chi connectivity index (χ0n) is 19.2. The lowest BCUT2D eigenvalue weighted by Gasteiger charge is -2.31. The van der Waals surface area contributed by atoms with E-state index in [0.717, 1.165) is 19.3 Å². The van der Waals surface area contributed by atoms with Gasteiger partial charge in [0.25, 0.3) is 5.56 Å². The molecule has 4 rings (SSSR count). The van der Waals surface area contributed by atoms with Crippen molar-refractivity contribution in [2.24, 2.45) is 11.8 Å². The number of aromatic nitrogens is 2. The van der Waals surface area contributed by atoms with Crippen LogP contribution in [0.5, 0.6) is 5.75 Å². The van der Waals surface area contributed by atoms with E-state index in [1.165, 1.54) is 0 Å². The van der Waals surface area contributed by atoms with Gasteiger partial charge < -0.3 is 9.64 Å². The maximum Gasteiger partial charge on any atom is 0.266 e. The lowest BCUT2D eigenvalue weighted by Crippen LogP contribution is -2.39. The summed E-state index contributed by atoms with van der Waals surface area (Å²) >= 11 is 0. The number of methoxy groups -OCH3 is 1. The van der Waals surface area contributed by atoms with Crippen LogP contribution in [0.1, 0.15) is 51.9 Å². The average Bonchev–Trinajstić information content (AvgIpc) is 3.64. The molecule has 1 fully saturated rings. The zero-order chi connectivity index (χ0) is 22.8. The molecular weight excluding hydrogens is 402 g/mol. The van der Waals surface area contributed by atoms with Crippen LogP contribution in [-0.2, 0) is 4.79 Å². The van der Waals surface area contributed by atoms with Crippen molar-refractivity contribution in [2.45, 2.75) is 46.1 Å². The van der Waals surface area contributed by atoms with Gasteiger partial charge in [0, 0.05) is 12.5 Å². The Balaban J connectivity index is 1.86. The van der Waals surface area contributed by atoms with E-state index in [9.17, 15) is 9.59 Å². The van der Waals surface area contributed by atoms with Crippen molar-refractivity contribution in [2.75, 3.05) is 13.7 Å². The quantitative estimate of drug-likeness (QED) is 0.515. The van der Waals surface area contributed by atoms with E-state index in [0.29, 0.717) is 40.6 Å². The first-order valence-corrected chi connectivity index (χ1v) is 11.4. The van der Waals surface area contributed by atoms with E-state index in [-0.39, 0.29) is 23.4 Å². The smallest absolute Gasteiger partial charge is 0.266 e. The number of amides is 1. The minimum atomic E-state index is -0.332. The van der Waals surface area contributed by atoms with Gasteiger partial charge in [-0.3, -0.25) is 14.2 Å². The first-order valence-electron chi connectivity index (χ1n) is 11.4. The number of benzene rings is 2. The van der Waals surface area contributed by atoms with E-state index in [2.05, 4.69) is 13.8 Å². The van der Waals surface area contributed by atoms with Crippen LogP contribution in [0.2, 0.25) is 0 Å². The predicted molar refractivity (Wildman–Crippen MR) is 126 cm³/mol. The maximum absolute atomic E-state index is 13.6. The summed E-state index contributed by atoms with van der Waals surface area (Å²) in [5.74, 6) is 2.04. The lowest BCUT2D eigenvalue weighted by atomic mass is 10.1. The zero-order valence-corrected chi connectivity index (χ0v) is 19.2. The van der Waals surface area contributed by atoms with E-state index >= 15 is 0 Å². The van der Waals surface area contributed by atoms with Crippen LogP contribution in [0.15, 0.2) is 53.3 Å². The number of fused-ring (bicyclic) bond motifs is 1. The Bertz CT molecular complexity index is 1160. The second kappa shape index (κ2) is 9.15. The number of para-hydroxylation sites is 1. The molecule has 0 spiro atoms. The largest absolute Gasteiger partial charge is 0.497 e. The Labute approximate surface area is 188 Å². The van der Waals surface area contributed by atoms with Crippen molar-refractivity contribution >= 4 is 16.8 Å². The predicted octanol–water partition coefficient (Wildman–Crippen LogP) is 4.74. The molecule has 0 radical (unpaired) electrons. The van der Waals surface area contributed by atoms with Crippen LogP contribution < -0.4 is 10.3 Å². The molecule has 0 N–H and O–H groups in total. The molecule has 2 aromatic carbocycles. The van der Waals surface area contributed by atoms with Gasteiger partial charge >= 0.3 is 0 Å². The number of carbonyl (C=O) groups is 1. The fourth-order valence-electron chi connectivity index (χ4n) is 4.01. The molecule has 1 aliphatic rings. The van der Waals surface area contributed by atoms with Gasteiger partial charge in [-0.25, -0.2) is 4.98 Å². The van der Waals surface area contributed by atoms with Crippen LogP contribution in [0, 0.1) is 11.8 Å². The fraction of sp³-hybridized carbons (Fsp3) is 0.423. The summed E-state index contributed by atoms with van der Waals surface area (Å²) in [6.07, 6.45) is 2.80. The highest BCUT2D eigenvalue weighted by atomic mass is 16.5. The van der Waals surface area contributed by atoms with Crippen LogP contribution in [0.3, 0.4) is 0 Å². The molecule has 168 valence electrons. The highest BCUT2D eigenvalue weighted by molar-refractivity contribution is 5.82. The third kappa shape index (κ3) is 4.40. The first kappa shape index (κ1) is 22.1. The summed E-state index contributed by atoms with van der Waals surface area (Å²) in [6.45, 7) is 6.95. The molecule has 0 aliphatic heterocycles. The number of nitrogens with zero attached hydrogens (tertiary/aromatic N) is 3. The highest BCUT2D eigenvalue weighted by Crippen LogP contribution is 2.34. The van der Waals surface area contributed by atoms with Crippen molar-refractivity contribution < 1.29 is 9.53 Å². The second-order valence-electron chi connectivity index (χ2n) is 8.99. The SMILES string of the molecule is COc1ccc(-n2c(C(C)N(CCC(C)C)C(=O)C3CC3)nc3ccccc3c2=O)cc1. The van der Waals surface area contributed by atoms with Gasteiger partial charge in [-0.15, -0.1) is 0 Å². The molecule has 1 heterocycles. The second-order valence-corrected chi connectivity index (χ2v) is 8.99. The summed E-state index contributed by atoms with van der Waals surface area (Å²) in [7, 11) is 1.61. The number of hydrogen-bond donors (Lipinski definition) is 0. The Kier molecular flexibility index (Phi) is 6.31. The highest BCUT2D eigenvalue weighted by Gasteiger charge is 2.36. The molecule has 6 heteroatoms. The minimum absolute atomic E-state index is 0.103. The Hall–Kier alpha value is -3.15. The summed E-state index contributed by atoms with van der Waals surface area (Å²) in [6, 6.07) is 14.4.